The fourth-order valence-corrected chi connectivity index (χ4v) is 2.13. The summed E-state index contributed by atoms with van der Waals surface area (Å²) in [6.45, 7) is 4.22. The smallest absolute Gasteiger partial charge is 0.0703 e. The molecule has 0 N–H and O–H groups in total. The topological polar surface area (TPSA) is 12.4 Å². The molecule has 1 aromatic carbocycles. The first-order valence-electron chi connectivity index (χ1n) is 6.10. The molecular weight excluding hydrogens is 194 g/mol. The van der Waals surface area contributed by atoms with E-state index in [1.807, 2.05) is 0 Å². The number of benzene rings is 1. The second kappa shape index (κ2) is 5.11. The summed E-state index contributed by atoms with van der Waals surface area (Å²) < 4.78 is 0. The Kier molecular flexibility index (Phi) is 3.55. The maximum Gasteiger partial charge on any atom is 0.0703 e. The van der Waals surface area contributed by atoms with Crippen molar-refractivity contribution in [3.63, 3.8) is 0 Å². The molecular formula is C15H19N. The van der Waals surface area contributed by atoms with Gasteiger partial charge in [0.15, 0.2) is 0 Å². The molecule has 0 spiro atoms. The van der Waals surface area contributed by atoms with Gasteiger partial charge in [0, 0.05) is 11.3 Å². The molecule has 1 fully saturated rings. The minimum Gasteiger partial charge on any atom is -0.257 e. The molecule has 1 aliphatic rings. The van der Waals surface area contributed by atoms with Crippen LogP contribution in [0.5, 0.6) is 0 Å². The normalized spacial score (nSPS) is 16.6. The zero-order valence-electron chi connectivity index (χ0n) is 10.2. The molecule has 0 aromatic heterocycles. The van der Waals surface area contributed by atoms with Crippen LogP contribution in [0.4, 0.5) is 5.69 Å². The fraction of sp³-hybridized carbons (Fsp3) is 0.400. The van der Waals surface area contributed by atoms with Crippen molar-refractivity contribution >= 4 is 17.0 Å². The van der Waals surface area contributed by atoms with E-state index in [1.54, 1.807) is 0 Å². The van der Waals surface area contributed by atoms with Crippen LogP contribution in [0.2, 0.25) is 0 Å². The standard InChI is InChI=1S/C15H19N/c1-3-12(2)14-10-6-7-11-15(14)16-13-8-4-5-9-13/h3,6-7,10-11H,4-5,8-9H2,1-2H3/b12-3-. The van der Waals surface area contributed by atoms with E-state index in [2.05, 4.69) is 44.2 Å². The summed E-state index contributed by atoms with van der Waals surface area (Å²) in [5, 5.41) is 0. The van der Waals surface area contributed by atoms with E-state index in [1.165, 1.54) is 42.5 Å². The van der Waals surface area contributed by atoms with Gasteiger partial charge in [-0.25, -0.2) is 0 Å². The first-order valence-corrected chi connectivity index (χ1v) is 6.10. The minimum absolute atomic E-state index is 1.13. The highest BCUT2D eigenvalue weighted by Gasteiger charge is 2.09. The largest absolute Gasteiger partial charge is 0.257 e. The maximum absolute atomic E-state index is 4.80. The molecule has 0 atom stereocenters. The van der Waals surface area contributed by atoms with Crippen LogP contribution in [0.1, 0.15) is 45.1 Å². The number of hydrogen-bond acceptors (Lipinski definition) is 1. The first kappa shape index (κ1) is 11.1. The second-order valence-corrected chi connectivity index (χ2v) is 4.37. The van der Waals surface area contributed by atoms with Gasteiger partial charge in [0.05, 0.1) is 5.69 Å². The summed E-state index contributed by atoms with van der Waals surface area (Å²) in [6.07, 6.45) is 7.13. The maximum atomic E-state index is 4.80. The summed E-state index contributed by atoms with van der Waals surface area (Å²) in [5.74, 6) is 0. The van der Waals surface area contributed by atoms with Crippen molar-refractivity contribution in [2.24, 2.45) is 4.99 Å². The average molecular weight is 213 g/mol. The quantitative estimate of drug-likeness (QED) is 0.672. The molecule has 1 heteroatoms. The molecule has 16 heavy (non-hydrogen) atoms. The molecule has 0 aliphatic heterocycles. The average Bonchev–Trinajstić information content (AvgIpc) is 2.82. The molecule has 0 amide bonds. The number of allylic oxidation sites excluding steroid dienone is 2. The fourth-order valence-electron chi connectivity index (χ4n) is 2.13. The lowest BCUT2D eigenvalue weighted by molar-refractivity contribution is 0.886. The molecule has 84 valence electrons. The van der Waals surface area contributed by atoms with Gasteiger partial charge in [0.1, 0.15) is 0 Å². The molecule has 0 radical (unpaired) electrons. The number of hydrogen-bond donors (Lipinski definition) is 0. The third kappa shape index (κ3) is 2.41. The van der Waals surface area contributed by atoms with Gasteiger partial charge >= 0.3 is 0 Å². The van der Waals surface area contributed by atoms with Crippen LogP contribution in [0.15, 0.2) is 35.3 Å². The SMILES string of the molecule is C/C=C(/C)c1ccccc1N=C1CCCC1. The first-order chi connectivity index (χ1) is 7.81. The van der Waals surface area contributed by atoms with Crippen LogP contribution in [0.3, 0.4) is 0 Å². The Morgan fingerprint density at radius 2 is 1.88 bits per heavy atom. The van der Waals surface area contributed by atoms with Crippen LogP contribution in [0.25, 0.3) is 5.57 Å². The molecule has 0 saturated heterocycles. The van der Waals surface area contributed by atoms with E-state index in [-0.39, 0.29) is 0 Å². The van der Waals surface area contributed by atoms with Crippen molar-refractivity contribution in [1.29, 1.82) is 0 Å². The van der Waals surface area contributed by atoms with Gasteiger partial charge in [-0.3, -0.25) is 4.99 Å². The van der Waals surface area contributed by atoms with E-state index in [9.17, 15) is 0 Å². The van der Waals surface area contributed by atoms with Crippen molar-refractivity contribution in [1.82, 2.24) is 0 Å². The summed E-state index contributed by atoms with van der Waals surface area (Å²) in [4.78, 5) is 4.80. The number of rotatable bonds is 2. The van der Waals surface area contributed by atoms with Crippen molar-refractivity contribution in [2.45, 2.75) is 39.5 Å². The van der Waals surface area contributed by atoms with Gasteiger partial charge in [-0.15, -0.1) is 0 Å². The zero-order valence-corrected chi connectivity index (χ0v) is 10.2. The minimum atomic E-state index is 1.13. The molecule has 1 aliphatic carbocycles. The van der Waals surface area contributed by atoms with Gasteiger partial charge in [-0.2, -0.15) is 0 Å². The van der Waals surface area contributed by atoms with E-state index in [4.69, 9.17) is 4.99 Å². The lowest BCUT2D eigenvalue weighted by Gasteiger charge is -2.06. The number of aliphatic imine (C=N–C) groups is 1. The van der Waals surface area contributed by atoms with Crippen LogP contribution in [0, 0.1) is 0 Å². The third-order valence-electron chi connectivity index (χ3n) is 3.22. The molecule has 0 bridgehead atoms. The Hall–Kier alpha value is -1.37. The monoisotopic (exact) mass is 213 g/mol. The van der Waals surface area contributed by atoms with Gasteiger partial charge in [-0.1, -0.05) is 24.3 Å². The molecule has 2 rings (SSSR count). The Morgan fingerprint density at radius 3 is 2.56 bits per heavy atom. The summed E-state index contributed by atoms with van der Waals surface area (Å²) in [5.41, 5.74) is 5.08. The summed E-state index contributed by atoms with van der Waals surface area (Å²) >= 11 is 0. The Bertz CT molecular complexity index is 419. The molecule has 0 unspecified atom stereocenters. The molecule has 0 heterocycles. The summed E-state index contributed by atoms with van der Waals surface area (Å²) in [7, 11) is 0. The van der Waals surface area contributed by atoms with Crippen molar-refractivity contribution < 1.29 is 0 Å². The highest BCUT2D eigenvalue weighted by molar-refractivity contribution is 5.90. The highest BCUT2D eigenvalue weighted by Crippen LogP contribution is 2.28. The molecule has 1 saturated carbocycles. The van der Waals surface area contributed by atoms with Crippen LogP contribution >= 0.6 is 0 Å². The van der Waals surface area contributed by atoms with Crippen LogP contribution in [-0.2, 0) is 0 Å². The summed E-state index contributed by atoms with van der Waals surface area (Å²) in [6, 6.07) is 8.43. The lowest BCUT2D eigenvalue weighted by atomic mass is 10.1. The van der Waals surface area contributed by atoms with Crippen molar-refractivity contribution in [2.75, 3.05) is 0 Å². The number of para-hydroxylation sites is 1. The number of nitrogens with zero attached hydrogens (tertiary/aromatic N) is 1. The van der Waals surface area contributed by atoms with Gasteiger partial charge in [0.25, 0.3) is 0 Å². The van der Waals surface area contributed by atoms with E-state index < -0.39 is 0 Å². The molecule has 1 aromatic rings. The van der Waals surface area contributed by atoms with Crippen molar-refractivity contribution in [3.05, 3.63) is 35.9 Å². The highest BCUT2D eigenvalue weighted by atomic mass is 14.8. The van der Waals surface area contributed by atoms with Gasteiger partial charge in [0.2, 0.25) is 0 Å². The van der Waals surface area contributed by atoms with Gasteiger partial charge < -0.3 is 0 Å². The van der Waals surface area contributed by atoms with E-state index in [0.717, 1.165) is 5.69 Å². The zero-order chi connectivity index (χ0) is 11.4. The predicted molar refractivity (Wildman–Crippen MR) is 71.3 cm³/mol. The van der Waals surface area contributed by atoms with Crippen molar-refractivity contribution in [3.8, 4) is 0 Å². The Labute approximate surface area is 97.9 Å². The predicted octanol–water partition coefficient (Wildman–Crippen LogP) is 4.76. The van der Waals surface area contributed by atoms with Crippen LogP contribution < -0.4 is 0 Å². The Balaban J connectivity index is 2.36. The van der Waals surface area contributed by atoms with E-state index >= 15 is 0 Å². The van der Waals surface area contributed by atoms with Gasteiger partial charge in [-0.05, 0) is 51.2 Å². The lowest BCUT2D eigenvalue weighted by Crippen LogP contribution is -1.88. The Morgan fingerprint density at radius 1 is 1.19 bits per heavy atom. The van der Waals surface area contributed by atoms with Crippen LogP contribution in [-0.4, -0.2) is 5.71 Å². The van der Waals surface area contributed by atoms with E-state index in [0.29, 0.717) is 0 Å². The second-order valence-electron chi connectivity index (χ2n) is 4.37. The third-order valence-corrected chi connectivity index (χ3v) is 3.22. The molecule has 1 nitrogen and oxygen atoms in total.